The molecule has 1 saturated heterocycles. The number of nitrogens with one attached hydrogen (secondary N) is 1. The predicted octanol–water partition coefficient (Wildman–Crippen LogP) is 2.43. The molecule has 1 aliphatic heterocycles. The number of benzene rings is 1. The van der Waals surface area contributed by atoms with E-state index >= 15 is 0 Å². The highest BCUT2D eigenvalue weighted by atomic mass is 19.1. The molecule has 0 atom stereocenters. The van der Waals surface area contributed by atoms with Crippen molar-refractivity contribution in [1.29, 1.82) is 0 Å². The van der Waals surface area contributed by atoms with E-state index in [4.69, 9.17) is 9.47 Å². The lowest BCUT2D eigenvalue weighted by molar-refractivity contribution is -0.0163. The van der Waals surface area contributed by atoms with Crippen LogP contribution in [0, 0.1) is 5.82 Å². The van der Waals surface area contributed by atoms with E-state index in [1.54, 1.807) is 6.07 Å². The zero-order valence-corrected chi connectivity index (χ0v) is 13.1. The fourth-order valence-corrected chi connectivity index (χ4v) is 2.25. The summed E-state index contributed by atoms with van der Waals surface area (Å²) in [5.41, 5.74) is 0.468. The first-order valence-electron chi connectivity index (χ1n) is 7.48. The van der Waals surface area contributed by atoms with Gasteiger partial charge in [-0.25, -0.2) is 4.39 Å². The third kappa shape index (κ3) is 5.17. The van der Waals surface area contributed by atoms with Crippen LogP contribution in [0.5, 0.6) is 5.75 Å². The molecule has 0 spiro atoms. The molecule has 0 saturated carbocycles. The van der Waals surface area contributed by atoms with Crippen molar-refractivity contribution >= 4 is 5.69 Å². The Kier molecular flexibility index (Phi) is 5.42. The second-order valence-electron chi connectivity index (χ2n) is 6.16. The van der Waals surface area contributed by atoms with Gasteiger partial charge in [-0.05, 0) is 32.9 Å². The van der Waals surface area contributed by atoms with Gasteiger partial charge in [0.1, 0.15) is 18.2 Å². The summed E-state index contributed by atoms with van der Waals surface area (Å²) in [6, 6.07) is 5.06. The third-order valence-electron chi connectivity index (χ3n) is 3.26. The zero-order chi connectivity index (χ0) is 15.3. The van der Waals surface area contributed by atoms with Gasteiger partial charge >= 0.3 is 0 Å². The number of anilines is 1. The number of ether oxygens (including phenoxy) is 2. The SMILES string of the molecule is CC(C)(C)OCCOc1ccc(N2CCNCC2)c(F)c1. The summed E-state index contributed by atoms with van der Waals surface area (Å²) in [6.45, 7) is 10.3. The van der Waals surface area contributed by atoms with Gasteiger partial charge in [-0.2, -0.15) is 0 Å². The fourth-order valence-electron chi connectivity index (χ4n) is 2.25. The van der Waals surface area contributed by atoms with E-state index in [-0.39, 0.29) is 11.4 Å². The van der Waals surface area contributed by atoms with E-state index < -0.39 is 0 Å². The van der Waals surface area contributed by atoms with Crippen LogP contribution in [-0.4, -0.2) is 45.0 Å². The van der Waals surface area contributed by atoms with Crippen molar-refractivity contribution in [2.24, 2.45) is 0 Å². The van der Waals surface area contributed by atoms with Crippen LogP contribution in [0.2, 0.25) is 0 Å². The second kappa shape index (κ2) is 7.09. The minimum absolute atomic E-state index is 0.180. The number of piperazine rings is 1. The normalized spacial score (nSPS) is 16.1. The van der Waals surface area contributed by atoms with Gasteiger partial charge in [0, 0.05) is 32.2 Å². The molecule has 1 aliphatic rings. The number of hydrogen-bond donors (Lipinski definition) is 1. The minimum Gasteiger partial charge on any atom is -0.491 e. The van der Waals surface area contributed by atoms with Gasteiger partial charge < -0.3 is 19.7 Å². The standard InChI is InChI=1S/C16H25FN2O2/c1-16(2,3)21-11-10-20-13-4-5-15(14(17)12-13)19-8-6-18-7-9-19/h4-5,12,18H,6-11H2,1-3H3. The highest BCUT2D eigenvalue weighted by Gasteiger charge is 2.15. The summed E-state index contributed by atoms with van der Waals surface area (Å²) in [5, 5.41) is 3.26. The summed E-state index contributed by atoms with van der Waals surface area (Å²) >= 11 is 0. The number of hydrogen-bond acceptors (Lipinski definition) is 4. The summed E-state index contributed by atoms with van der Waals surface area (Å²) in [6.07, 6.45) is 0. The van der Waals surface area contributed by atoms with Crippen molar-refractivity contribution < 1.29 is 13.9 Å². The Balaban J connectivity index is 1.86. The first-order valence-corrected chi connectivity index (χ1v) is 7.48. The Morgan fingerprint density at radius 2 is 1.90 bits per heavy atom. The average Bonchev–Trinajstić information content (AvgIpc) is 2.44. The summed E-state index contributed by atoms with van der Waals surface area (Å²) in [5.74, 6) is 0.315. The van der Waals surface area contributed by atoms with Crippen molar-refractivity contribution in [2.75, 3.05) is 44.3 Å². The van der Waals surface area contributed by atoms with Crippen LogP contribution in [-0.2, 0) is 4.74 Å². The van der Waals surface area contributed by atoms with Gasteiger partial charge in [0.25, 0.3) is 0 Å². The zero-order valence-electron chi connectivity index (χ0n) is 13.1. The molecule has 1 N–H and O–H groups in total. The summed E-state index contributed by atoms with van der Waals surface area (Å²) < 4.78 is 25.3. The maximum absolute atomic E-state index is 14.2. The number of rotatable bonds is 5. The average molecular weight is 296 g/mol. The maximum Gasteiger partial charge on any atom is 0.150 e. The van der Waals surface area contributed by atoms with Gasteiger partial charge in [0.15, 0.2) is 0 Å². The molecule has 118 valence electrons. The van der Waals surface area contributed by atoms with Crippen LogP contribution in [0.3, 0.4) is 0 Å². The molecule has 21 heavy (non-hydrogen) atoms. The Morgan fingerprint density at radius 3 is 2.52 bits per heavy atom. The van der Waals surface area contributed by atoms with E-state index in [0.717, 1.165) is 26.2 Å². The molecular weight excluding hydrogens is 271 g/mol. The lowest BCUT2D eigenvalue weighted by Crippen LogP contribution is -2.43. The van der Waals surface area contributed by atoms with Crippen molar-refractivity contribution in [1.82, 2.24) is 5.32 Å². The molecule has 0 amide bonds. The minimum atomic E-state index is -0.230. The number of halogens is 1. The molecular formula is C16H25FN2O2. The van der Waals surface area contributed by atoms with Crippen LogP contribution in [0.15, 0.2) is 18.2 Å². The lowest BCUT2D eigenvalue weighted by Gasteiger charge is -2.29. The lowest BCUT2D eigenvalue weighted by atomic mass is 10.2. The first-order chi connectivity index (χ1) is 9.96. The second-order valence-corrected chi connectivity index (χ2v) is 6.16. The maximum atomic E-state index is 14.2. The Hall–Kier alpha value is -1.33. The van der Waals surface area contributed by atoms with Crippen LogP contribution < -0.4 is 15.0 Å². The van der Waals surface area contributed by atoms with Gasteiger partial charge in [-0.15, -0.1) is 0 Å². The fraction of sp³-hybridized carbons (Fsp3) is 0.625. The van der Waals surface area contributed by atoms with Crippen molar-refractivity contribution in [2.45, 2.75) is 26.4 Å². The van der Waals surface area contributed by atoms with Crippen molar-refractivity contribution in [3.05, 3.63) is 24.0 Å². The molecule has 1 fully saturated rings. The number of nitrogens with zero attached hydrogens (tertiary/aromatic N) is 1. The molecule has 0 aliphatic carbocycles. The van der Waals surface area contributed by atoms with Gasteiger partial charge in [0.05, 0.1) is 17.9 Å². The Bertz CT molecular complexity index is 454. The molecule has 0 radical (unpaired) electrons. The third-order valence-corrected chi connectivity index (χ3v) is 3.26. The predicted molar refractivity (Wildman–Crippen MR) is 82.7 cm³/mol. The molecule has 0 unspecified atom stereocenters. The topological polar surface area (TPSA) is 33.7 Å². The van der Waals surface area contributed by atoms with Crippen LogP contribution in [0.4, 0.5) is 10.1 Å². The Labute approximate surface area is 126 Å². The molecule has 5 heteroatoms. The van der Waals surface area contributed by atoms with E-state index in [0.29, 0.717) is 24.7 Å². The van der Waals surface area contributed by atoms with E-state index in [9.17, 15) is 4.39 Å². The Morgan fingerprint density at radius 1 is 1.19 bits per heavy atom. The molecule has 1 heterocycles. The molecule has 1 aromatic rings. The largest absolute Gasteiger partial charge is 0.491 e. The highest BCUT2D eigenvalue weighted by molar-refractivity contribution is 5.51. The van der Waals surface area contributed by atoms with E-state index in [2.05, 4.69) is 10.2 Å². The quantitative estimate of drug-likeness (QED) is 0.846. The van der Waals surface area contributed by atoms with Crippen LogP contribution >= 0.6 is 0 Å². The van der Waals surface area contributed by atoms with Gasteiger partial charge in [-0.3, -0.25) is 0 Å². The van der Waals surface area contributed by atoms with Gasteiger partial charge in [-0.1, -0.05) is 0 Å². The van der Waals surface area contributed by atoms with Crippen LogP contribution in [0.25, 0.3) is 0 Å². The van der Waals surface area contributed by atoms with Gasteiger partial charge in [0.2, 0.25) is 0 Å². The monoisotopic (exact) mass is 296 g/mol. The van der Waals surface area contributed by atoms with E-state index in [1.807, 2.05) is 26.8 Å². The first kappa shape index (κ1) is 16.0. The summed E-state index contributed by atoms with van der Waals surface area (Å²) in [4.78, 5) is 2.05. The van der Waals surface area contributed by atoms with E-state index in [1.165, 1.54) is 6.07 Å². The van der Waals surface area contributed by atoms with Crippen molar-refractivity contribution in [3.63, 3.8) is 0 Å². The molecule has 0 bridgehead atoms. The molecule has 2 rings (SSSR count). The smallest absolute Gasteiger partial charge is 0.150 e. The summed E-state index contributed by atoms with van der Waals surface area (Å²) in [7, 11) is 0. The molecule has 1 aromatic carbocycles. The highest BCUT2D eigenvalue weighted by Crippen LogP contribution is 2.24. The molecule has 4 nitrogen and oxygen atoms in total. The van der Waals surface area contributed by atoms with Crippen molar-refractivity contribution in [3.8, 4) is 5.75 Å². The molecule has 0 aromatic heterocycles. The van der Waals surface area contributed by atoms with Crippen LogP contribution in [0.1, 0.15) is 20.8 Å².